The highest BCUT2D eigenvalue weighted by molar-refractivity contribution is 5.04. The number of nitrogens with one attached hydrogen (secondary N) is 1. The van der Waals surface area contributed by atoms with Crippen LogP contribution in [0.1, 0.15) is 11.5 Å². The Labute approximate surface area is 78.3 Å². The lowest BCUT2D eigenvalue weighted by Gasteiger charge is -2.22. The maximum absolute atomic E-state index is 5.52. The average molecular weight is 182 g/mol. The van der Waals surface area contributed by atoms with Crippen LogP contribution in [0, 0.1) is 6.92 Å². The molecule has 72 valence electrons. The average Bonchev–Trinajstić information content (AvgIpc) is 2.53. The van der Waals surface area contributed by atoms with Gasteiger partial charge in [-0.15, -0.1) is 0 Å². The molecular weight excluding hydrogens is 166 g/mol. The van der Waals surface area contributed by atoms with Gasteiger partial charge >= 0.3 is 0 Å². The summed E-state index contributed by atoms with van der Waals surface area (Å²) in [6.45, 7) is 6.94. The fourth-order valence-electron chi connectivity index (χ4n) is 1.66. The second-order valence-corrected chi connectivity index (χ2v) is 3.55. The third-order valence-electron chi connectivity index (χ3n) is 2.42. The van der Waals surface area contributed by atoms with E-state index in [-0.39, 0.29) is 0 Å². The minimum Gasteiger partial charge on any atom is -0.460 e. The maximum Gasteiger partial charge on any atom is 0.158 e. The van der Waals surface area contributed by atoms with Crippen LogP contribution in [0.4, 0.5) is 0 Å². The van der Waals surface area contributed by atoms with Crippen LogP contribution in [0.25, 0.3) is 0 Å². The highest BCUT2D eigenvalue weighted by Gasteiger charge is 2.15. The van der Waals surface area contributed by atoms with Crippen molar-refractivity contribution in [1.82, 2.24) is 0 Å². The molecule has 1 N–H and O–H groups in total. The first-order valence-corrected chi connectivity index (χ1v) is 4.81. The molecule has 0 aromatic carbocycles. The summed E-state index contributed by atoms with van der Waals surface area (Å²) < 4.78 is 10.8. The first kappa shape index (κ1) is 8.78. The van der Waals surface area contributed by atoms with Gasteiger partial charge in [0.2, 0.25) is 0 Å². The van der Waals surface area contributed by atoms with E-state index in [4.69, 9.17) is 9.15 Å². The summed E-state index contributed by atoms with van der Waals surface area (Å²) in [5.41, 5.74) is 0. The van der Waals surface area contributed by atoms with Crippen LogP contribution in [-0.2, 0) is 11.3 Å². The Bertz CT molecular complexity index is 264. The molecule has 1 fully saturated rings. The molecule has 2 rings (SSSR count). The summed E-state index contributed by atoms with van der Waals surface area (Å²) in [6, 6.07) is 4.09. The largest absolute Gasteiger partial charge is 0.460 e. The van der Waals surface area contributed by atoms with Crippen molar-refractivity contribution in [2.24, 2.45) is 0 Å². The highest BCUT2D eigenvalue weighted by atomic mass is 16.5. The van der Waals surface area contributed by atoms with Gasteiger partial charge in [-0.3, -0.25) is 0 Å². The summed E-state index contributed by atoms with van der Waals surface area (Å²) in [7, 11) is 0. The molecule has 2 heterocycles. The van der Waals surface area contributed by atoms with Gasteiger partial charge < -0.3 is 14.1 Å². The predicted octanol–water partition coefficient (Wildman–Crippen LogP) is 0.00312. The van der Waals surface area contributed by atoms with Crippen LogP contribution in [0.3, 0.4) is 0 Å². The molecule has 3 nitrogen and oxygen atoms in total. The molecule has 0 aliphatic carbocycles. The van der Waals surface area contributed by atoms with Gasteiger partial charge in [0.15, 0.2) is 5.76 Å². The molecule has 1 aliphatic heterocycles. The minimum atomic E-state index is 0.884. The first-order chi connectivity index (χ1) is 6.34. The van der Waals surface area contributed by atoms with Gasteiger partial charge in [-0.1, -0.05) is 0 Å². The summed E-state index contributed by atoms with van der Waals surface area (Å²) in [4.78, 5) is 1.56. The van der Waals surface area contributed by atoms with E-state index in [1.165, 1.54) is 0 Å². The molecule has 0 amide bonds. The van der Waals surface area contributed by atoms with Crippen molar-refractivity contribution >= 4 is 0 Å². The number of hydrogen-bond acceptors (Lipinski definition) is 2. The van der Waals surface area contributed by atoms with Crippen LogP contribution in [0.15, 0.2) is 16.5 Å². The maximum atomic E-state index is 5.52. The quantitative estimate of drug-likeness (QED) is 0.697. The molecule has 1 aliphatic rings. The lowest BCUT2D eigenvalue weighted by Crippen LogP contribution is -3.12. The first-order valence-electron chi connectivity index (χ1n) is 4.81. The summed E-state index contributed by atoms with van der Waals surface area (Å²) in [6.07, 6.45) is 0. The van der Waals surface area contributed by atoms with Crippen LogP contribution < -0.4 is 4.90 Å². The summed E-state index contributed by atoms with van der Waals surface area (Å²) in [5, 5.41) is 0. The molecule has 0 bridgehead atoms. The Hall–Kier alpha value is -0.800. The number of hydrogen-bond donors (Lipinski definition) is 1. The number of rotatable bonds is 2. The van der Waals surface area contributed by atoms with Crippen molar-refractivity contribution in [1.29, 1.82) is 0 Å². The van der Waals surface area contributed by atoms with Crippen molar-refractivity contribution in [3.05, 3.63) is 23.7 Å². The molecule has 3 heteroatoms. The molecule has 1 aromatic rings. The van der Waals surface area contributed by atoms with Gasteiger partial charge in [-0.25, -0.2) is 0 Å². The second kappa shape index (κ2) is 3.94. The molecule has 1 aromatic heterocycles. The topological polar surface area (TPSA) is 26.8 Å². The molecular formula is C10H16NO2+. The summed E-state index contributed by atoms with van der Waals surface area (Å²) in [5.74, 6) is 2.09. The number of morpholine rings is 1. The van der Waals surface area contributed by atoms with Crippen molar-refractivity contribution in [2.75, 3.05) is 26.3 Å². The van der Waals surface area contributed by atoms with E-state index in [0.29, 0.717) is 0 Å². The Morgan fingerprint density at radius 1 is 1.31 bits per heavy atom. The Kier molecular flexibility index (Phi) is 2.66. The number of ether oxygens (including phenoxy) is 1. The van der Waals surface area contributed by atoms with Crippen LogP contribution >= 0.6 is 0 Å². The van der Waals surface area contributed by atoms with Gasteiger partial charge in [-0.05, 0) is 19.1 Å². The zero-order chi connectivity index (χ0) is 9.10. The SMILES string of the molecule is Cc1ccc(C[NH+]2CCOCC2)o1. The molecule has 0 unspecified atom stereocenters. The van der Waals surface area contributed by atoms with E-state index < -0.39 is 0 Å². The molecule has 0 spiro atoms. The number of quaternary nitrogens is 1. The highest BCUT2D eigenvalue weighted by Crippen LogP contribution is 2.04. The van der Waals surface area contributed by atoms with Crippen LogP contribution in [-0.4, -0.2) is 26.3 Å². The third kappa shape index (κ3) is 2.32. The molecule has 13 heavy (non-hydrogen) atoms. The Morgan fingerprint density at radius 2 is 2.08 bits per heavy atom. The van der Waals surface area contributed by atoms with Crippen molar-refractivity contribution in [2.45, 2.75) is 13.5 Å². The van der Waals surface area contributed by atoms with Gasteiger partial charge in [0, 0.05) is 0 Å². The number of aryl methyl sites for hydroxylation is 1. The zero-order valence-electron chi connectivity index (χ0n) is 8.01. The van der Waals surface area contributed by atoms with Crippen LogP contribution in [0.5, 0.6) is 0 Å². The molecule has 0 atom stereocenters. The predicted molar refractivity (Wildman–Crippen MR) is 48.7 cm³/mol. The standard InChI is InChI=1S/C10H15NO2/c1-9-2-3-10(13-9)8-11-4-6-12-7-5-11/h2-3H,4-8H2,1H3/p+1. The second-order valence-electron chi connectivity index (χ2n) is 3.55. The van der Waals surface area contributed by atoms with Gasteiger partial charge in [0.25, 0.3) is 0 Å². The van der Waals surface area contributed by atoms with E-state index in [1.807, 2.05) is 13.0 Å². The van der Waals surface area contributed by atoms with E-state index in [0.717, 1.165) is 44.4 Å². The van der Waals surface area contributed by atoms with Gasteiger partial charge in [-0.2, -0.15) is 0 Å². The van der Waals surface area contributed by atoms with E-state index in [1.54, 1.807) is 4.90 Å². The molecule has 0 saturated carbocycles. The van der Waals surface area contributed by atoms with E-state index in [9.17, 15) is 0 Å². The van der Waals surface area contributed by atoms with Crippen molar-refractivity contribution in [3.63, 3.8) is 0 Å². The Balaban J connectivity index is 1.89. The Morgan fingerprint density at radius 3 is 2.69 bits per heavy atom. The van der Waals surface area contributed by atoms with Crippen molar-refractivity contribution < 1.29 is 14.1 Å². The van der Waals surface area contributed by atoms with Crippen LogP contribution in [0.2, 0.25) is 0 Å². The van der Waals surface area contributed by atoms with Gasteiger partial charge in [0.1, 0.15) is 25.4 Å². The molecule has 1 saturated heterocycles. The van der Waals surface area contributed by atoms with E-state index in [2.05, 4.69) is 6.07 Å². The fraction of sp³-hybridized carbons (Fsp3) is 0.600. The minimum absolute atomic E-state index is 0.884. The monoisotopic (exact) mass is 182 g/mol. The third-order valence-corrected chi connectivity index (χ3v) is 2.42. The lowest BCUT2D eigenvalue weighted by atomic mass is 10.3. The zero-order valence-corrected chi connectivity index (χ0v) is 8.01. The molecule has 0 radical (unpaired) electrons. The lowest BCUT2D eigenvalue weighted by molar-refractivity contribution is -0.922. The number of furan rings is 1. The van der Waals surface area contributed by atoms with Gasteiger partial charge in [0.05, 0.1) is 13.2 Å². The normalized spacial score (nSPS) is 19.2. The smallest absolute Gasteiger partial charge is 0.158 e. The van der Waals surface area contributed by atoms with Crippen molar-refractivity contribution in [3.8, 4) is 0 Å². The van der Waals surface area contributed by atoms with E-state index >= 15 is 0 Å². The summed E-state index contributed by atoms with van der Waals surface area (Å²) >= 11 is 0. The fourth-order valence-corrected chi connectivity index (χ4v) is 1.66.